The molecule has 0 aromatic carbocycles. The van der Waals surface area contributed by atoms with Gasteiger partial charge in [-0.15, -0.1) is 15.3 Å². The van der Waals surface area contributed by atoms with Crippen LogP contribution < -0.4 is 17.1 Å². The monoisotopic (exact) mass is 498 g/mol. The highest BCUT2D eigenvalue weighted by atomic mass is 16.2. The van der Waals surface area contributed by atoms with Gasteiger partial charge in [0.05, 0.1) is 36.5 Å². The molecule has 0 saturated carbocycles. The van der Waals surface area contributed by atoms with Crippen molar-refractivity contribution in [2.45, 2.75) is 79.3 Å². The van der Waals surface area contributed by atoms with Crippen LogP contribution in [0.15, 0.2) is 33.0 Å². The Morgan fingerprint density at radius 2 is 1.11 bits per heavy atom. The molecule has 0 spiro atoms. The van der Waals surface area contributed by atoms with Gasteiger partial charge in [0.1, 0.15) is 19.0 Å². The Balaban J connectivity index is 1.81. The van der Waals surface area contributed by atoms with Gasteiger partial charge in [-0.1, -0.05) is 43.3 Å². The van der Waals surface area contributed by atoms with Crippen molar-refractivity contribution in [3.05, 3.63) is 67.1 Å². The van der Waals surface area contributed by atoms with Crippen LogP contribution in [0, 0.1) is 0 Å². The third kappa shape index (κ3) is 4.94. The summed E-state index contributed by atoms with van der Waals surface area (Å²) < 4.78 is 7.23. The summed E-state index contributed by atoms with van der Waals surface area (Å²) in [6.07, 6.45) is 4.99. The molecule has 4 aromatic heterocycles. The fraction of sp³-hybridized carbons (Fsp3) is 0.571. The molecule has 0 radical (unpaired) electrons. The maximum Gasteiger partial charge on any atom is 0.339 e. The van der Waals surface area contributed by atoms with Crippen LogP contribution >= 0.6 is 0 Å². The number of aromatic nitrogens is 12. The van der Waals surface area contributed by atoms with Crippen LogP contribution in [-0.2, 0) is 19.9 Å². The molecule has 0 atom stereocenters. The zero-order chi connectivity index (χ0) is 26.1. The summed E-state index contributed by atoms with van der Waals surface area (Å²) in [4.78, 5) is 40.1. The minimum Gasteiger partial charge on any atom is -0.250 e. The van der Waals surface area contributed by atoms with E-state index in [1.807, 2.05) is 41.5 Å². The molecular weight excluding hydrogens is 468 g/mol. The van der Waals surface area contributed by atoms with Gasteiger partial charge in [0.15, 0.2) is 0 Å². The average molecular weight is 499 g/mol. The minimum atomic E-state index is -0.796. The molecule has 0 N–H and O–H groups in total. The Morgan fingerprint density at radius 1 is 0.639 bits per heavy atom. The van der Waals surface area contributed by atoms with E-state index in [4.69, 9.17) is 0 Å². The zero-order valence-corrected chi connectivity index (χ0v) is 21.2. The first-order chi connectivity index (χ1) is 17.0. The molecule has 0 fully saturated rings. The largest absolute Gasteiger partial charge is 0.339 e. The highest BCUT2D eigenvalue weighted by Gasteiger charge is 2.19. The van der Waals surface area contributed by atoms with Crippen molar-refractivity contribution in [1.82, 2.24) is 58.7 Å². The van der Waals surface area contributed by atoms with E-state index in [0.717, 1.165) is 13.7 Å². The predicted octanol–water partition coefficient (Wildman–Crippen LogP) is -0.166. The molecule has 15 heteroatoms. The molecule has 0 bridgehead atoms. The van der Waals surface area contributed by atoms with Gasteiger partial charge in [-0.3, -0.25) is 0 Å². The van der Waals surface area contributed by atoms with E-state index in [2.05, 4.69) is 30.9 Å². The quantitative estimate of drug-likeness (QED) is 0.305. The molecular formula is C21H30N12O3. The van der Waals surface area contributed by atoms with Crippen molar-refractivity contribution in [3.8, 4) is 0 Å². The van der Waals surface area contributed by atoms with Gasteiger partial charge < -0.3 is 0 Å². The van der Waals surface area contributed by atoms with E-state index in [1.165, 1.54) is 9.36 Å². The van der Waals surface area contributed by atoms with Crippen molar-refractivity contribution in [2.75, 3.05) is 0 Å². The van der Waals surface area contributed by atoms with Crippen LogP contribution in [0.5, 0.6) is 0 Å². The molecule has 36 heavy (non-hydrogen) atoms. The third-order valence-corrected chi connectivity index (χ3v) is 5.66. The lowest BCUT2D eigenvalue weighted by molar-refractivity contribution is 0.394. The van der Waals surface area contributed by atoms with Crippen molar-refractivity contribution >= 4 is 0 Å². The van der Waals surface area contributed by atoms with E-state index >= 15 is 0 Å². The van der Waals surface area contributed by atoms with Crippen LogP contribution in [0.1, 0.15) is 76.5 Å². The Bertz CT molecular complexity index is 1320. The van der Waals surface area contributed by atoms with Gasteiger partial charge in [0.25, 0.3) is 0 Å². The second kappa shape index (κ2) is 9.83. The summed E-state index contributed by atoms with van der Waals surface area (Å²) in [6.45, 7) is 11.1. The number of rotatable bonds is 9. The standard InChI is InChI=1S/C21H30N12O3/c1-13(2)17-9-28(25-23-17)11-31-19(34)30(7-16-8-33(15(5)6)27-22-16)20(35)32(21(31)36)12-29-10-18(14(3)4)24-26-29/h8-10,13-15H,7,11-12H2,1-6H3. The molecule has 192 valence electrons. The molecule has 4 aromatic rings. The van der Waals surface area contributed by atoms with Crippen LogP contribution in [0.2, 0.25) is 0 Å². The lowest BCUT2D eigenvalue weighted by atomic mass is 10.2. The van der Waals surface area contributed by atoms with Crippen LogP contribution in [-0.4, -0.2) is 58.7 Å². The Labute approximate surface area is 205 Å². The lowest BCUT2D eigenvalue weighted by Gasteiger charge is -2.13. The topological polar surface area (TPSA) is 158 Å². The second-order valence-electron chi connectivity index (χ2n) is 9.53. The van der Waals surface area contributed by atoms with Crippen LogP contribution in [0.4, 0.5) is 0 Å². The van der Waals surface area contributed by atoms with E-state index in [0.29, 0.717) is 17.1 Å². The first-order valence-corrected chi connectivity index (χ1v) is 11.7. The third-order valence-electron chi connectivity index (χ3n) is 5.66. The fourth-order valence-electron chi connectivity index (χ4n) is 3.44. The van der Waals surface area contributed by atoms with Crippen LogP contribution in [0.3, 0.4) is 0 Å². The van der Waals surface area contributed by atoms with E-state index < -0.39 is 17.1 Å². The molecule has 0 aliphatic carbocycles. The van der Waals surface area contributed by atoms with E-state index in [-0.39, 0.29) is 37.8 Å². The van der Waals surface area contributed by atoms with Gasteiger partial charge in [0, 0.05) is 6.04 Å². The number of hydrogen-bond donors (Lipinski definition) is 0. The van der Waals surface area contributed by atoms with E-state index in [1.54, 1.807) is 23.3 Å². The summed E-state index contributed by atoms with van der Waals surface area (Å²) >= 11 is 0. The van der Waals surface area contributed by atoms with Crippen molar-refractivity contribution in [2.24, 2.45) is 0 Å². The van der Waals surface area contributed by atoms with Crippen LogP contribution in [0.25, 0.3) is 0 Å². The molecule has 0 amide bonds. The maximum absolute atomic E-state index is 13.4. The van der Waals surface area contributed by atoms with Gasteiger partial charge in [-0.05, 0) is 25.7 Å². The predicted molar refractivity (Wildman–Crippen MR) is 128 cm³/mol. The lowest BCUT2D eigenvalue weighted by Crippen LogP contribution is -2.55. The Hall–Kier alpha value is -4.17. The summed E-state index contributed by atoms with van der Waals surface area (Å²) in [5.74, 6) is 0.235. The van der Waals surface area contributed by atoms with Crippen molar-refractivity contribution in [3.63, 3.8) is 0 Å². The maximum atomic E-state index is 13.4. The SMILES string of the molecule is CC(C)c1cn(Cn2c(=O)n(Cc3cn(C(C)C)nn3)c(=O)n(Cn3cc(C(C)C)nn3)c2=O)nn1. The number of hydrogen-bond acceptors (Lipinski definition) is 9. The highest BCUT2D eigenvalue weighted by molar-refractivity contribution is 5.00. The Morgan fingerprint density at radius 3 is 1.50 bits per heavy atom. The van der Waals surface area contributed by atoms with Gasteiger partial charge >= 0.3 is 17.1 Å². The molecule has 0 aliphatic rings. The molecule has 4 heterocycles. The van der Waals surface area contributed by atoms with Crippen molar-refractivity contribution < 1.29 is 0 Å². The summed E-state index contributed by atoms with van der Waals surface area (Å²) in [7, 11) is 0. The van der Waals surface area contributed by atoms with Gasteiger partial charge in [-0.25, -0.2) is 42.1 Å². The normalized spacial score (nSPS) is 11.9. The fourth-order valence-corrected chi connectivity index (χ4v) is 3.44. The highest BCUT2D eigenvalue weighted by Crippen LogP contribution is 2.09. The summed E-state index contributed by atoms with van der Waals surface area (Å²) in [6, 6.07) is 0.0542. The summed E-state index contributed by atoms with van der Waals surface area (Å²) in [5, 5.41) is 24.3. The molecule has 4 rings (SSSR count). The first-order valence-electron chi connectivity index (χ1n) is 11.7. The summed E-state index contributed by atoms with van der Waals surface area (Å²) in [5.41, 5.74) is -0.538. The smallest absolute Gasteiger partial charge is 0.250 e. The first kappa shape index (κ1) is 24.9. The second-order valence-corrected chi connectivity index (χ2v) is 9.53. The van der Waals surface area contributed by atoms with Gasteiger partial charge in [-0.2, -0.15) is 0 Å². The number of nitrogens with zero attached hydrogens (tertiary/aromatic N) is 12. The molecule has 0 unspecified atom stereocenters. The Kier molecular flexibility index (Phi) is 6.81. The minimum absolute atomic E-state index is 0.0542. The molecule has 15 nitrogen and oxygen atoms in total. The van der Waals surface area contributed by atoms with Crippen molar-refractivity contribution in [1.29, 1.82) is 0 Å². The van der Waals surface area contributed by atoms with Gasteiger partial charge in [0.2, 0.25) is 0 Å². The molecule has 0 saturated heterocycles. The molecule has 0 aliphatic heterocycles. The average Bonchev–Trinajstić information content (AvgIpc) is 3.58. The van der Waals surface area contributed by atoms with E-state index in [9.17, 15) is 14.4 Å². The zero-order valence-electron chi connectivity index (χ0n) is 21.2.